The Morgan fingerprint density at radius 2 is 2.36 bits per heavy atom. The normalized spacial score (nSPS) is 12.1. The molecule has 14 heavy (non-hydrogen) atoms. The van der Waals surface area contributed by atoms with Gasteiger partial charge in [0.05, 0.1) is 0 Å². The first-order valence-electron chi connectivity index (χ1n) is 4.35. The first-order valence-corrected chi connectivity index (χ1v) is 5.55. The summed E-state index contributed by atoms with van der Waals surface area (Å²) in [4.78, 5) is 0.396. The Morgan fingerprint density at radius 3 is 2.86 bits per heavy atom. The van der Waals surface area contributed by atoms with Crippen molar-refractivity contribution < 1.29 is 4.74 Å². The van der Waals surface area contributed by atoms with E-state index in [4.69, 9.17) is 22.7 Å². The van der Waals surface area contributed by atoms with Gasteiger partial charge in [-0.05, 0) is 24.6 Å². The second kappa shape index (κ2) is 5.32. The summed E-state index contributed by atoms with van der Waals surface area (Å²) < 4.78 is 6.59. The fourth-order valence-corrected chi connectivity index (χ4v) is 1.64. The second-order valence-electron chi connectivity index (χ2n) is 2.87. The van der Waals surface area contributed by atoms with Crippen molar-refractivity contribution in [2.24, 2.45) is 5.73 Å². The Labute approximate surface area is 97.6 Å². The molecular formula is C10H12BrNOS. The molecule has 2 nitrogen and oxygen atoms in total. The van der Waals surface area contributed by atoms with E-state index in [1.54, 1.807) is 0 Å². The fourth-order valence-electron chi connectivity index (χ4n) is 1.05. The van der Waals surface area contributed by atoms with Crippen molar-refractivity contribution in [3.8, 4) is 5.75 Å². The molecule has 0 bridgehead atoms. The van der Waals surface area contributed by atoms with Crippen molar-refractivity contribution in [3.63, 3.8) is 0 Å². The smallest absolute Gasteiger partial charge is 0.148 e. The molecule has 0 spiro atoms. The number of halogens is 1. The lowest BCUT2D eigenvalue weighted by Crippen LogP contribution is -2.31. The zero-order valence-corrected chi connectivity index (χ0v) is 10.3. The molecule has 0 saturated carbocycles. The van der Waals surface area contributed by atoms with Gasteiger partial charge < -0.3 is 10.5 Å². The van der Waals surface area contributed by atoms with Gasteiger partial charge in [-0.3, -0.25) is 0 Å². The summed E-state index contributed by atoms with van der Waals surface area (Å²) in [5, 5.41) is 0. The summed E-state index contributed by atoms with van der Waals surface area (Å²) in [7, 11) is 0. The van der Waals surface area contributed by atoms with E-state index in [-0.39, 0.29) is 6.10 Å². The molecule has 0 aliphatic heterocycles. The molecule has 1 aromatic rings. The van der Waals surface area contributed by atoms with E-state index >= 15 is 0 Å². The molecule has 1 rings (SSSR count). The van der Waals surface area contributed by atoms with Crippen LogP contribution in [-0.2, 0) is 0 Å². The van der Waals surface area contributed by atoms with Crippen LogP contribution in [0.2, 0.25) is 0 Å². The van der Waals surface area contributed by atoms with Crippen molar-refractivity contribution in [3.05, 3.63) is 28.7 Å². The van der Waals surface area contributed by atoms with E-state index in [1.165, 1.54) is 0 Å². The van der Waals surface area contributed by atoms with Gasteiger partial charge in [0.2, 0.25) is 0 Å². The molecule has 76 valence electrons. The predicted molar refractivity (Wildman–Crippen MR) is 65.6 cm³/mol. The van der Waals surface area contributed by atoms with Crippen LogP contribution in [0.5, 0.6) is 5.75 Å². The standard InChI is InChI=1S/C10H12BrNOS/c1-2-9(10(12)14)13-8-5-3-4-7(11)6-8/h3-6,9H,2H2,1H3,(H2,12,14). The number of hydrogen-bond acceptors (Lipinski definition) is 2. The third-order valence-electron chi connectivity index (χ3n) is 1.76. The fraction of sp³-hybridized carbons (Fsp3) is 0.300. The van der Waals surface area contributed by atoms with Crippen LogP contribution in [0.25, 0.3) is 0 Å². The molecule has 0 aliphatic rings. The average molecular weight is 274 g/mol. The lowest BCUT2D eigenvalue weighted by molar-refractivity contribution is 0.264. The lowest BCUT2D eigenvalue weighted by Gasteiger charge is -2.15. The van der Waals surface area contributed by atoms with E-state index in [2.05, 4.69) is 15.9 Å². The Hall–Kier alpha value is -0.610. The van der Waals surface area contributed by atoms with E-state index < -0.39 is 0 Å². The SMILES string of the molecule is CCC(Oc1cccc(Br)c1)C(N)=S. The Kier molecular flexibility index (Phi) is 4.35. The molecule has 0 fully saturated rings. The van der Waals surface area contributed by atoms with Gasteiger partial charge >= 0.3 is 0 Å². The largest absolute Gasteiger partial charge is 0.483 e. The first kappa shape index (κ1) is 11.5. The maximum absolute atomic E-state index is 5.61. The summed E-state index contributed by atoms with van der Waals surface area (Å²) in [5.41, 5.74) is 5.53. The van der Waals surface area contributed by atoms with Crippen molar-refractivity contribution in [1.82, 2.24) is 0 Å². The highest BCUT2D eigenvalue weighted by Crippen LogP contribution is 2.19. The Bertz CT molecular complexity index is 330. The van der Waals surface area contributed by atoms with Crippen LogP contribution < -0.4 is 10.5 Å². The van der Waals surface area contributed by atoms with Gasteiger partial charge in [-0.1, -0.05) is 41.1 Å². The molecule has 4 heteroatoms. The van der Waals surface area contributed by atoms with Crippen LogP contribution in [0.4, 0.5) is 0 Å². The van der Waals surface area contributed by atoms with E-state index in [0.29, 0.717) is 4.99 Å². The summed E-state index contributed by atoms with van der Waals surface area (Å²) in [6, 6.07) is 7.62. The molecule has 0 heterocycles. The van der Waals surface area contributed by atoms with Gasteiger partial charge in [-0.25, -0.2) is 0 Å². The second-order valence-corrected chi connectivity index (χ2v) is 4.26. The van der Waals surface area contributed by atoms with Crippen LogP contribution in [0.1, 0.15) is 13.3 Å². The highest BCUT2D eigenvalue weighted by molar-refractivity contribution is 9.10. The number of nitrogens with two attached hydrogens (primary N) is 1. The first-order chi connectivity index (χ1) is 6.63. The van der Waals surface area contributed by atoms with E-state index in [0.717, 1.165) is 16.6 Å². The van der Waals surface area contributed by atoms with Crippen molar-refractivity contribution in [2.75, 3.05) is 0 Å². The molecular weight excluding hydrogens is 262 g/mol. The van der Waals surface area contributed by atoms with Gasteiger partial charge in [0.1, 0.15) is 16.8 Å². The molecule has 0 radical (unpaired) electrons. The number of benzene rings is 1. The van der Waals surface area contributed by atoms with Crippen LogP contribution in [0, 0.1) is 0 Å². The van der Waals surface area contributed by atoms with Gasteiger partial charge in [0.15, 0.2) is 0 Å². The molecule has 1 aromatic carbocycles. The van der Waals surface area contributed by atoms with Crippen LogP contribution in [-0.4, -0.2) is 11.1 Å². The maximum atomic E-state index is 5.61. The van der Waals surface area contributed by atoms with E-state index in [1.807, 2.05) is 31.2 Å². The number of thiocarbonyl (C=S) groups is 1. The summed E-state index contributed by atoms with van der Waals surface area (Å²) in [6.07, 6.45) is 0.598. The molecule has 0 aromatic heterocycles. The van der Waals surface area contributed by atoms with Crippen LogP contribution >= 0.6 is 28.1 Å². The highest BCUT2D eigenvalue weighted by atomic mass is 79.9. The monoisotopic (exact) mass is 273 g/mol. The van der Waals surface area contributed by atoms with E-state index in [9.17, 15) is 0 Å². The zero-order valence-electron chi connectivity index (χ0n) is 7.87. The number of hydrogen-bond donors (Lipinski definition) is 1. The number of rotatable bonds is 4. The van der Waals surface area contributed by atoms with Crippen LogP contribution in [0.3, 0.4) is 0 Å². The minimum atomic E-state index is -0.181. The summed E-state index contributed by atoms with van der Waals surface area (Å²) >= 11 is 8.26. The zero-order chi connectivity index (χ0) is 10.6. The molecule has 0 saturated heterocycles. The van der Waals surface area contributed by atoms with Gasteiger partial charge in [0, 0.05) is 4.47 Å². The third-order valence-corrected chi connectivity index (χ3v) is 2.52. The average Bonchev–Trinajstić information content (AvgIpc) is 2.14. The minimum Gasteiger partial charge on any atom is -0.483 e. The quantitative estimate of drug-likeness (QED) is 0.857. The summed E-state index contributed by atoms with van der Waals surface area (Å²) in [5.74, 6) is 0.777. The summed E-state index contributed by atoms with van der Waals surface area (Å²) in [6.45, 7) is 1.99. The lowest BCUT2D eigenvalue weighted by atomic mass is 10.2. The number of ether oxygens (including phenoxy) is 1. The molecule has 0 amide bonds. The highest BCUT2D eigenvalue weighted by Gasteiger charge is 2.10. The third kappa shape index (κ3) is 3.27. The molecule has 2 N–H and O–H groups in total. The Morgan fingerprint density at radius 1 is 1.64 bits per heavy atom. The van der Waals surface area contributed by atoms with Crippen LogP contribution in [0.15, 0.2) is 28.7 Å². The van der Waals surface area contributed by atoms with Crippen molar-refractivity contribution >= 4 is 33.1 Å². The molecule has 1 unspecified atom stereocenters. The molecule has 1 atom stereocenters. The van der Waals surface area contributed by atoms with Gasteiger partial charge in [-0.2, -0.15) is 0 Å². The minimum absolute atomic E-state index is 0.181. The van der Waals surface area contributed by atoms with Crippen molar-refractivity contribution in [1.29, 1.82) is 0 Å². The predicted octanol–water partition coefficient (Wildman–Crippen LogP) is 2.89. The van der Waals surface area contributed by atoms with Gasteiger partial charge in [0.25, 0.3) is 0 Å². The maximum Gasteiger partial charge on any atom is 0.148 e. The topological polar surface area (TPSA) is 35.2 Å². The Balaban J connectivity index is 2.72. The van der Waals surface area contributed by atoms with Gasteiger partial charge in [-0.15, -0.1) is 0 Å². The van der Waals surface area contributed by atoms with Crippen molar-refractivity contribution in [2.45, 2.75) is 19.4 Å². The molecule has 0 aliphatic carbocycles.